The molecular formula is C22H25FN2O4S. The first kappa shape index (κ1) is 21.8. The number of sulfone groups is 1. The van der Waals surface area contributed by atoms with Gasteiger partial charge in [0.05, 0.1) is 17.7 Å². The van der Waals surface area contributed by atoms with Gasteiger partial charge < -0.3 is 14.3 Å². The quantitative estimate of drug-likeness (QED) is 0.593. The third kappa shape index (κ3) is 4.05. The topological polar surface area (TPSA) is 81.3 Å². The molecule has 0 saturated heterocycles. The second-order valence-corrected chi connectivity index (χ2v) is 10.1. The number of hydrogen-bond donors (Lipinski definition) is 1. The van der Waals surface area contributed by atoms with Gasteiger partial charge in [0.2, 0.25) is 15.7 Å². The van der Waals surface area contributed by atoms with Crippen LogP contribution in [0.5, 0.6) is 0 Å². The molecule has 160 valence electrons. The molecule has 2 aromatic heterocycles. The van der Waals surface area contributed by atoms with Gasteiger partial charge in [0.25, 0.3) is 0 Å². The van der Waals surface area contributed by atoms with E-state index in [0.717, 1.165) is 12.1 Å². The van der Waals surface area contributed by atoms with Gasteiger partial charge >= 0.3 is 0 Å². The van der Waals surface area contributed by atoms with Crippen molar-refractivity contribution in [2.45, 2.75) is 51.0 Å². The van der Waals surface area contributed by atoms with E-state index in [1.807, 2.05) is 0 Å². The summed E-state index contributed by atoms with van der Waals surface area (Å²) in [5.74, 6) is -0.0644. The summed E-state index contributed by atoms with van der Waals surface area (Å²) < 4.78 is 47.4. The molecule has 0 fully saturated rings. The molecule has 0 aliphatic heterocycles. The fourth-order valence-corrected chi connectivity index (χ4v) is 4.77. The summed E-state index contributed by atoms with van der Waals surface area (Å²) in [6, 6.07) is 8.16. The summed E-state index contributed by atoms with van der Waals surface area (Å²) in [5, 5.41) is 2.81. The van der Waals surface area contributed by atoms with Gasteiger partial charge in [-0.1, -0.05) is 20.8 Å². The Morgan fingerprint density at radius 2 is 1.77 bits per heavy atom. The van der Waals surface area contributed by atoms with Crippen molar-refractivity contribution >= 4 is 21.6 Å². The Hall–Kier alpha value is -2.87. The molecule has 1 N–H and O–H groups in total. The summed E-state index contributed by atoms with van der Waals surface area (Å²) in [6.45, 7) is 8.96. The van der Waals surface area contributed by atoms with Crippen molar-refractivity contribution in [3.05, 3.63) is 65.5 Å². The Morgan fingerprint density at radius 1 is 1.13 bits per heavy atom. The SMILES string of the molecule is Cc1c(S(=O)(=O)c2ccc(F)cc2)c(NC(=O)C(C)(C)C)n(Cc2ccco2)c1C. The van der Waals surface area contributed by atoms with Crippen LogP contribution in [0.3, 0.4) is 0 Å². The minimum absolute atomic E-state index is 0.00392. The van der Waals surface area contributed by atoms with Gasteiger partial charge in [-0.05, 0) is 55.8 Å². The number of hydrogen-bond acceptors (Lipinski definition) is 4. The number of rotatable bonds is 5. The number of carbonyl (C=O) groups excluding carboxylic acids is 1. The summed E-state index contributed by atoms with van der Waals surface area (Å²) in [4.78, 5) is 12.7. The zero-order chi connectivity index (χ0) is 22.3. The molecular weight excluding hydrogens is 407 g/mol. The molecule has 0 saturated carbocycles. The number of carbonyl (C=O) groups is 1. The van der Waals surface area contributed by atoms with Gasteiger partial charge in [0.15, 0.2) is 0 Å². The Morgan fingerprint density at radius 3 is 2.30 bits per heavy atom. The van der Waals surface area contributed by atoms with Crippen LogP contribution in [-0.2, 0) is 21.2 Å². The maximum atomic E-state index is 13.5. The highest BCUT2D eigenvalue weighted by Crippen LogP contribution is 2.36. The van der Waals surface area contributed by atoms with Crippen molar-refractivity contribution in [1.82, 2.24) is 4.57 Å². The Balaban J connectivity index is 2.23. The number of aromatic nitrogens is 1. The molecule has 0 atom stereocenters. The largest absolute Gasteiger partial charge is 0.467 e. The Labute approximate surface area is 175 Å². The first-order valence-electron chi connectivity index (χ1n) is 9.47. The fraction of sp³-hybridized carbons (Fsp3) is 0.318. The lowest BCUT2D eigenvalue weighted by molar-refractivity contribution is -0.123. The number of anilines is 1. The van der Waals surface area contributed by atoms with E-state index in [1.165, 1.54) is 18.4 Å². The molecule has 0 aliphatic rings. The summed E-state index contributed by atoms with van der Waals surface area (Å²) in [6.07, 6.45) is 1.53. The molecule has 3 rings (SSSR count). The lowest BCUT2D eigenvalue weighted by Gasteiger charge is -2.20. The van der Waals surface area contributed by atoms with Crippen LogP contribution in [0.25, 0.3) is 0 Å². The molecule has 3 aromatic rings. The van der Waals surface area contributed by atoms with Gasteiger partial charge in [-0.3, -0.25) is 4.79 Å². The zero-order valence-electron chi connectivity index (χ0n) is 17.6. The summed E-state index contributed by atoms with van der Waals surface area (Å²) in [5.41, 5.74) is 0.449. The zero-order valence-corrected chi connectivity index (χ0v) is 18.4. The Kier molecular flexibility index (Phi) is 5.64. The van der Waals surface area contributed by atoms with Gasteiger partial charge in [-0.15, -0.1) is 0 Å². The molecule has 1 aromatic carbocycles. The number of nitrogens with zero attached hydrogens (tertiary/aromatic N) is 1. The van der Waals surface area contributed by atoms with E-state index < -0.39 is 21.1 Å². The van der Waals surface area contributed by atoms with Crippen molar-refractivity contribution in [2.24, 2.45) is 5.41 Å². The Bertz CT molecular complexity index is 1170. The number of nitrogens with one attached hydrogen (secondary N) is 1. The van der Waals surface area contributed by atoms with Gasteiger partial charge in [-0.2, -0.15) is 0 Å². The predicted octanol–water partition coefficient (Wildman–Crippen LogP) is 4.70. The number of halogens is 1. The van der Waals surface area contributed by atoms with Gasteiger partial charge in [-0.25, -0.2) is 12.8 Å². The lowest BCUT2D eigenvalue weighted by Crippen LogP contribution is -2.29. The van der Waals surface area contributed by atoms with E-state index in [9.17, 15) is 17.6 Å². The van der Waals surface area contributed by atoms with E-state index in [-0.39, 0.29) is 28.1 Å². The first-order chi connectivity index (χ1) is 13.9. The standard InChI is InChI=1S/C22H25FN2O4S/c1-14-15(2)25(13-17-7-6-12-29-17)20(24-21(26)22(3,4)5)19(14)30(27,28)18-10-8-16(23)9-11-18/h6-12H,13H2,1-5H3,(H,24,26). The highest BCUT2D eigenvalue weighted by molar-refractivity contribution is 7.91. The molecule has 0 spiro atoms. The molecule has 0 aliphatic carbocycles. The van der Waals surface area contributed by atoms with Crippen LogP contribution in [0.1, 0.15) is 37.8 Å². The van der Waals surface area contributed by atoms with Crippen LogP contribution in [-0.4, -0.2) is 18.9 Å². The van der Waals surface area contributed by atoms with Crippen molar-refractivity contribution in [3.63, 3.8) is 0 Å². The fourth-order valence-electron chi connectivity index (χ4n) is 3.07. The highest BCUT2D eigenvalue weighted by atomic mass is 32.2. The van der Waals surface area contributed by atoms with Crippen LogP contribution in [0, 0.1) is 25.1 Å². The average Bonchev–Trinajstić information content (AvgIpc) is 3.24. The molecule has 8 heteroatoms. The predicted molar refractivity (Wildman–Crippen MR) is 112 cm³/mol. The molecule has 0 radical (unpaired) electrons. The third-order valence-corrected chi connectivity index (χ3v) is 6.90. The summed E-state index contributed by atoms with van der Waals surface area (Å²) in [7, 11) is -4.02. The van der Waals surface area contributed by atoms with Crippen LogP contribution in [0.2, 0.25) is 0 Å². The van der Waals surface area contributed by atoms with E-state index in [2.05, 4.69) is 5.32 Å². The number of amides is 1. The van der Waals surface area contributed by atoms with Crippen molar-refractivity contribution in [3.8, 4) is 0 Å². The van der Waals surface area contributed by atoms with Crippen molar-refractivity contribution in [1.29, 1.82) is 0 Å². The van der Waals surface area contributed by atoms with E-state index in [4.69, 9.17) is 4.42 Å². The van der Waals surface area contributed by atoms with Crippen LogP contribution in [0.4, 0.5) is 10.2 Å². The lowest BCUT2D eigenvalue weighted by atomic mass is 9.96. The highest BCUT2D eigenvalue weighted by Gasteiger charge is 2.32. The average molecular weight is 433 g/mol. The molecule has 0 unspecified atom stereocenters. The van der Waals surface area contributed by atoms with Crippen molar-refractivity contribution in [2.75, 3.05) is 5.32 Å². The molecule has 2 heterocycles. The number of benzene rings is 1. The van der Waals surface area contributed by atoms with E-state index in [1.54, 1.807) is 51.3 Å². The third-order valence-electron chi connectivity index (χ3n) is 4.97. The maximum Gasteiger partial charge on any atom is 0.230 e. The second kappa shape index (κ2) is 7.75. The molecule has 0 bridgehead atoms. The summed E-state index contributed by atoms with van der Waals surface area (Å²) >= 11 is 0. The number of furan rings is 1. The van der Waals surface area contributed by atoms with Crippen molar-refractivity contribution < 1.29 is 22.0 Å². The van der Waals surface area contributed by atoms with E-state index in [0.29, 0.717) is 17.0 Å². The smallest absolute Gasteiger partial charge is 0.230 e. The van der Waals surface area contributed by atoms with Crippen LogP contribution in [0.15, 0.2) is 56.9 Å². The normalized spacial score (nSPS) is 12.2. The molecule has 30 heavy (non-hydrogen) atoms. The van der Waals surface area contributed by atoms with Gasteiger partial charge in [0, 0.05) is 11.1 Å². The van der Waals surface area contributed by atoms with E-state index >= 15 is 0 Å². The van der Waals surface area contributed by atoms with Crippen LogP contribution < -0.4 is 5.32 Å². The minimum atomic E-state index is -4.02. The second-order valence-electron chi connectivity index (χ2n) is 8.22. The van der Waals surface area contributed by atoms with Gasteiger partial charge in [0.1, 0.15) is 22.3 Å². The minimum Gasteiger partial charge on any atom is -0.467 e. The maximum absolute atomic E-state index is 13.5. The molecule has 6 nitrogen and oxygen atoms in total. The van der Waals surface area contributed by atoms with Crippen LogP contribution >= 0.6 is 0 Å². The first-order valence-corrected chi connectivity index (χ1v) is 11.0. The molecule has 1 amide bonds. The monoisotopic (exact) mass is 432 g/mol.